The maximum absolute atomic E-state index is 2.27. The molecule has 49 heavy (non-hydrogen) atoms. The molecule has 1 unspecified atom stereocenters. The topological polar surface area (TPSA) is 0 Å². The lowest BCUT2D eigenvalue weighted by Gasteiger charge is -2.16. The van der Waals surface area contributed by atoms with Crippen molar-refractivity contribution in [3.63, 3.8) is 0 Å². The number of fused-ring (bicyclic) bond motifs is 4. The molecule has 0 amide bonds. The fraction of sp³-hybridized carbons (Fsp3) is 0.102. The van der Waals surface area contributed by atoms with E-state index in [1.807, 2.05) is 0 Å². The predicted octanol–water partition coefficient (Wildman–Crippen LogP) is 13.9. The Morgan fingerprint density at radius 1 is 0.429 bits per heavy atom. The summed E-state index contributed by atoms with van der Waals surface area (Å²) >= 11 is 0. The Hall–Kier alpha value is -5.72. The van der Waals surface area contributed by atoms with Crippen LogP contribution in [0.15, 0.2) is 182 Å². The van der Waals surface area contributed by atoms with Crippen LogP contribution in [0.25, 0.3) is 54.2 Å². The lowest BCUT2D eigenvalue weighted by atomic mass is 9.87. The second kappa shape index (κ2) is 14.6. The number of allylic oxidation sites excluding steroid dienone is 4. The largest absolute Gasteiger partial charge is 0.0836 e. The second-order valence-corrected chi connectivity index (χ2v) is 13.0. The Morgan fingerprint density at radius 2 is 0.939 bits per heavy atom. The molecule has 0 fully saturated rings. The van der Waals surface area contributed by atoms with Crippen molar-refractivity contribution < 1.29 is 0 Å². The highest BCUT2D eigenvalue weighted by molar-refractivity contribution is 6.18. The zero-order chi connectivity index (χ0) is 33.6. The summed E-state index contributed by atoms with van der Waals surface area (Å²) in [6.07, 6.45) is 9.88. The standard InChI is InChI=1S/C25H18.C13H14.C11H10/c1-17-19-11-4-6-14-22(19)25(23-15-7-5-12-20(17)23)24-16-8-10-18-9-2-3-13-21(18)24;1-11-7-9-13(10-8-11)12-5-3-2-4-6-12;1-9-5-4-7-10-6-2-3-8-11(9)10/h2-16H,1H3;2-5,7-10,12H,6H2,1H3;2-8H,1H3. The van der Waals surface area contributed by atoms with E-state index in [2.05, 4.69) is 203 Å². The fourth-order valence-electron chi connectivity index (χ4n) is 7.11. The van der Waals surface area contributed by atoms with Crippen molar-refractivity contribution in [1.82, 2.24) is 0 Å². The molecule has 0 saturated carbocycles. The first kappa shape index (κ1) is 31.9. The third-order valence-corrected chi connectivity index (χ3v) is 9.75. The van der Waals surface area contributed by atoms with E-state index in [9.17, 15) is 0 Å². The van der Waals surface area contributed by atoms with E-state index in [1.54, 1.807) is 0 Å². The number of rotatable bonds is 2. The van der Waals surface area contributed by atoms with Gasteiger partial charge in [-0.2, -0.15) is 0 Å². The molecule has 0 spiro atoms. The summed E-state index contributed by atoms with van der Waals surface area (Å²) in [7, 11) is 0. The van der Waals surface area contributed by atoms with Gasteiger partial charge in [-0.1, -0.05) is 188 Å². The van der Waals surface area contributed by atoms with Gasteiger partial charge in [0, 0.05) is 5.92 Å². The first-order valence-electron chi connectivity index (χ1n) is 17.3. The highest BCUT2D eigenvalue weighted by Crippen LogP contribution is 2.41. The summed E-state index contributed by atoms with van der Waals surface area (Å²) in [4.78, 5) is 0. The monoisotopic (exact) mass is 630 g/mol. The Bertz CT molecular complexity index is 2370. The van der Waals surface area contributed by atoms with Gasteiger partial charge in [0.15, 0.2) is 0 Å². The molecule has 1 atom stereocenters. The molecule has 0 aliphatic heterocycles. The van der Waals surface area contributed by atoms with Crippen LogP contribution in [-0.2, 0) is 0 Å². The fourth-order valence-corrected chi connectivity index (χ4v) is 7.11. The zero-order valence-corrected chi connectivity index (χ0v) is 28.6. The summed E-state index contributed by atoms with van der Waals surface area (Å²) in [6.45, 7) is 6.50. The lowest BCUT2D eigenvalue weighted by Crippen LogP contribution is -1.95. The minimum Gasteiger partial charge on any atom is -0.0836 e. The first-order valence-corrected chi connectivity index (χ1v) is 17.3. The van der Waals surface area contributed by atoms with Crippen molar-refractivity contribution >= 4 is 43.1 Å². The summed E-state index contributed by atoms with van der Waals surface area (Å²) in [5.74, 6) is 0.589. The number of benzene rings is 8. The Kier molecular flexibility index (Phi) is 9.48. The molecular weight excluding hydrogens is 589 g/mol. The molecule has 1 aliphatic carbocycles. The summed E-state index contributed by atoms with van der Waals surface area (Å²) in [5.41, 5.74) is 8.11. The van der Waals surface area contributed by atoms with Gasteiger partial charge in [0.25, 0.3) is 0 Å². The van der Waals surface area contributed by atoms with Crippen molar-refractivity contribution in [2.24, 2.45) is 0 Å². The lowest BCUT2D eigenvalue weighted by molar-refractivity contribution is 0.853. The van der Waals surface area contributed by atoms with Crippen LogP contribution in [0, 0.1) is 20.8 Å². The normalized spacial score (nSPS) is 13.6. The molecule has 1 aliphatic rings. The quantitative estimate of drug-likeness (QED) is 0.167. The van der Waals surface area contributed by atoms with Crippen LogP contribution in [0.5, 0.6) is 0 Å². The minimum atomic E-state index is 0.589. The molecule has 9 rings (SSSR count). The van der Waals surface area contributed by atoms with E-state index in [1.165, 1.54) is 76.5 Å². The Labute approximate surface area is 290 Å². The molecule has 0 saturated heterocycles. The Morgan fingerprint density at radius 3 is 1.53 bits per heavy atom. The summed E-state index contributed by atoms with van der Waals surface area (Å²) < 4.78 is 0. The van der Waals surface area contributed by atoms with E-state index in [-0.39, 0.29) is 0 Å². The molecule has 8 aromatic carbocycles. The number of hydrogen-bond donors (Lipinski definition) is 0. The van der Waals surface area contributed by atoms with Crippen LogP contribution < -0.4 is 0 Å². The van der Waals surface area contributed by atoms with Gasteiger partial charge in [0.1, 0.15) is 0 Å². The van der Waals surface area contributed by atoms with Crippen molar-refractivity contribution in [1.29, 1.82) is 0 Å². The van der Waals surface area contributed by atoms with Crippen molar-refractivity contribution in [3.8, 4) is 11.1 Å². The molecule has 0 bridgehead atoms. The second-order valence-electron chi connectivity index (χ2n) is 13.0. The Balaban J connectivity index is 0.000000132. The zero-order valence-electron chi connectivity index (χ0n) is 28.6. The predicted molar refractivity (Wildman–Crippen MR) is 215 cm³/mol. The number of aryl methyl sites for hydroxylation is 3. The van der Waals surface area contributed by atoms with E-state index in [4.69, 9.17) is 0 Å². The average Bonchev–Trinajstić information content (AvgIpc) is 3.16. The molecule has 0 N–H and O–H groups in total. The van der Waals surface area contributed by atoms with Gasteiger partial charge in [-0.25, -0.2) is 0 Å². The molecule has 0 radical (unpaired) electrons. The van der Waals surface area contributed by atoms with Crippen molar-refractivity contribution in [2.45, 2.75) is 33.1 Å². The average molecular weight is 631 g/mol. The van der Waals surface area contributed by atoms with Crippen LogP contribution in [0.3, 0.4) is 0 Å². The van der Waals surface area contributed by atoms with Crippen LogP contribution in [0.1, 0.15) is 34.6 Å². The SMILES string of the molecule is Cc1c2ccccc2c(-c2cccc3ccccc23)c2ccccc12.Cc1ccc(C2C=CC=CC2)cc1.Cc1cccc2ccccc12. The van der Waals surface area contributed by atoms with E-state index < -0.39 is 0 Å². The molecule has 0 heterocycles. The van der Waals surface area contributed by atoms with Crippen LogP contribution in [0.2, 0.25) is 0 Å². The molecule has 0 heteroatoms. The third-order valence-electron chi connectivity index (χ3n) is 9.75. The third kappa shape index (κ3) is 6.82. The van der Waals surface area contributed by atoms with Gasteiger partial charge in [0.05, 0.1) is 0 Å². The maximum Gasteiger partial charge on any atom is 0.00557 e. The van der Waals surface area contributed by atoms with E-state index in [0.717, 1.165) is 6.42 Å². The van der Waals surface area contributed by atoms with Gasteiger partial charge < -0.3 is 0 Å². The number of hydrogen-bond acceptors (Lipinski definition) is 0. The highest BCUT2D eigenvalue weighted by Gasteiger charge is 2.14. The van der Waals surface area contributed by atoms with Gasteiger partial charge in [0.2, 0.25) is 0 Å². The first-order chi connectivity index (χ1) is 24.1. The van der Waals surface area contributed by atoms with Gasteiger partial charge in [-0.05, 0) is 98.1 Å². The van der Waals surface area contributed by atoms with E-state index in [0.29, 0.717) is 5.92 Å². The van der Waals surface area contributed by atoms with Gasteiger partial charge in [-0.15, -0.1) is 0 Å². The van der Waals surface area contributed by atoms with Crippen molar-refractivity contribution in [3.05, 3.63) is 204 Å². The molecule has 0 nitrogen and oxygen atoms in total. The van der Waals surface area contributed by atoms with Gasteiger partial charge in [-0.3, -0.25) is 0 Å². The van der Waals surface area contributed by atoms with Crippen LogP contribution in [-0.4, -0.2) is 0 Å². The molecule has 238 valence electrons. The molecule has 0 aromatic heterocycles. The minimum absolute atomic E-state index is 0.589. The molecule has 8 aromatic rings. The van der Waals surface area contributed by atoms with Gasteiger partial charge >= 0.3 is 0 Å². The maximum atomic E-state index is 2.27. The van der Waals surface area contributed by atoms with Crippen molar-refractivity contribution in [2.75, 3.05) is 0 Å². The van der Waals surface area contributed by atoms with E-state index >= 15 is 0 Å². The smallest absolute Gasteiger partial charge is 0.00557 e. The van der Waals surface area contributed by atoms with Crippen LogP contribution in [0.4, 0.5) is 0 Å². The summed E-state index contributed by atoms with van der Waals surface area (Å²) in [6, 6.07) is 56.5. The molecular formula is C49H42. The summed E-state index contributed by atoms with van der Waals surface area (Å²) in [5, 5.41) is 10.6. The van der Waals surface area contributed by atoms with Crippen LogP contribution >= 0.6 is 0 Å². The highest BCUT2D eigenvalue weighted by atomic mass is 14.2.